The van der Waals surface area contributed by atoms with E-state index in [1.54, 1.807) is 11.9 Å². The summed E-state index contributed by atoms with van der Waals surface area (Å²) in [6, 6.07) is 0.353. The van der Waals surface area contributed by atoms with Gasteiger partial charge in [-0.05, 0) is 12.8 Å². The number of ether oxygens (including phenoxy) is 1. The molecule has 0 unspecified atom stereocenters. The van der Waals surface area contributed by atoms with Gasteiger partial charge in [0.05, 0.1) is 0 Å². The van der Waals surface area contributed by atoms with E-state index in [0.29, 0.717) is 6.04 Å². The predicted octanol–water partition coefficient (Wildman–Crippen LogP) is 0.164. The third-order valence-electron chi connectivity index (χ3n) is 1.88. The van der Waals surface area contributed by atoms with Crippen LogP contribution in [0.15, 0.2) is 0 Å². The zero-order valence-electron chi connectivity index (χ0n) is 6.17. The molecule has 0 aromatic carbocycles. The average Bonchev–Trinajstić information content (AvgIpc) is 2.05. The van der Waals surface area contributed by atoms with Crippen molar-refractivity contribution >= 4 is 6.41 Å². The van der Waals surface area contributed by atoms with Gasteiger partial charge >= 0.3 is 6.41 Å². The zero-order valence-corrected chi connectivity index (χ0v) is 6.17. The van der Waals surface area contributed by atoms with Crippen LogP contribution in [-0.4, -0.2) is 37.6 Å². The Hall–Kier alpha value is -0.570. The molecule has 0 atom stereocenters. The number of carbonyl (C=O) groups excluding carboxylic acids is 1. The first-order chi connectivity index (χ1) is 4.84. The second kappa shape index (κ2) is 3.56. The summed E-state index contributed by atoms with van der Waals surface area (Å²) < 4.78 is 5.14. The minimum atomic E-state index is 0.353. The minimum Gasteiger partial charge on any atom is -0.381 e. The highest BCUT2D eigenvalue weighted by Gasteiger charge is 2.16. The summed E-state index contributed by atoms with van der Waals surface area (Å²) in [4.78, 5) is 11.8. The standard InChI is InChI=1S/C7H12NO2/c1-8(6-9)7-2-4-10-5-3-7/h7H,2-5H2,1H3. The molecule has 1 aliphatic heterocycles. The van der Waals surface area contributed by atoms with Crippen LogP contribution < -0.4 is 0 Å². The van der Waals surface area contributed by atoms with Crippen LogP contribution in [0.1, 0.15) is 12.8 Å². The van der Waals surface area contributed by atoms with Crippen molar-refractivity contribution in [1.29, 1.82) is 0 Å². The quantitative estimate of drug-likeness (QED) is 0.514. The molecule has 1 rings (SSSR count). The van der Waals surface area contributed by atoms with Crippen molar-refractivity contribution in [3.05, 3.63) is 0 Å². The first-order valence-electron chi connectivity index (χ1n) is 3.53. The Morgan fingerprint density at radius 1 is 1.50 bits per heavy atom. The van der Waals surface area contributed by atoms with Gasteiger partial charge in [-0.25, -0.2) is 0 Å². The van der Waals surface area contributed by atoms with Crippen LogP contribution in [0.25, 0.3) is 0 Å². The molecule has 0 spiro atoms. The molecule has 10 heavy (non-hydrogen) atoms. The topological polar surface area (TPSA) is 29.5 Å². The molecule has 1 radical (unpaired) electrons. The lowest BCUT2D eigenvalue weighted by molar-refractivity contribution is 0.0599. The first kappa shape index (κ1) is 7.54. The summed E-state index contributed by atoms with van der Waals surface area (Å²) >= 11 is 0. The maximum atomic E-state index is 10.2. The molecule has 0 aliphatic carbocycles. The van der Waals surface area contributed by atoms with Crippen LogP contribution in [-0.2, 0) is 9.53 Å². The summed E-state index contributed by atoms with van der Waals surface area (Å²) in [7, 11) is 1.77. The van der Waals surface area contributed by atoms with Crippen LogP contribution in [0.2, 0.25) is 0 Å². The van der Waals surface area contributed by atoms with Gasteiger partial charge < -0.3 is 9.64 Å². The third kappa shape index (κ3) is 1.70. The number of amides is 1. The maximum absolute atomic E-state index is 10.2. The molecule has 1 aliphatic rings. The normalized spacial score (nSPS) is 20.5. The lowest BCUT2D eigenvalue weighted by Crippen LogP contribution is -2.35. The van der Waals surface area contributed by atoms with Crippen LogP contribution in [0.4, 0.5) is 0 Å². The van der Waals surface area contributed by atoms with E-state index in [1.807, 2.05) is 6.41 Å². The number of nitrogens with zero attached hydrogens (tertiary/aromatic N) is 1. The number of hydrogen-bond acceptors (Lipinski definition) is 2. The summed E-state index contributed by atoms with van der Waals surface area (Å²) in [5.41, 5.74) is 0. The molecule has 1 amide bonds. The van der Waals surface area contributed by atoms with E-state index in [-0.39, 0.29) is 0 Å². The van der Waals surface area contributed by atoms with Gasteiger partial charge in [-0.2, -0.15) is 0 Å². The largest absolute Gasteiger partial charge is 0.381 e. The molecule has 1 saturated heterocycles. The molecule has 3 heteroatoms. The van der Waals surface area contributed by atoms with Gasteiger partial charge in [0.15, 0.2) is 0 Å². The maximum Gasteiger partial charge on any atom is 0.312 e. The smallest absolute Gasteiger partial charge is 0.312 e. The Labute approximate surface area is 61.0 Å². The molecule has 0 aromatic rings. The molecule has 1 heterocycles. The minimum absolute atomic E-state index is 0.353. The van der Waals surface area contributed by atoms with E-state index in [1.165, 1.54) is 0 Å². The zero-order chi connectivity index (χ0) is 7.40. The van der Waals surface area contributed by atoms with Crippen molar-refractivity contribution < 1.29 is 9.53 Å². The van der Waals surface area contributed by atoms with E-state index in [0.717, 1.165) is 26.1 Å². The highest BCUT2D eigenvalue weighted by Crippen LogP contribution is 2.10. The van der Waals surface area contributed by atoms with Gasteiger partial charge in [-0.15, -0.1) is 0 Å². The molecule has 0 saturated carbocycles. The molecule has 3 nitrogen and oxygen atoms in total. The van der Waals surface area contributed by atoms with E-state index < -0.39 is 0 Å². The van der Waals surface area contributed by atoms with Crippen molar-refractivity contribution in [2.24, 2.45) is 0 Å². The van der Waals surface area contributed by atoms with Crippen molar-refractivity contribution in [2.75, 3.05) is 20.3 Å². The highest BCUT2D eigenvalue weighted by atomic mass is 16.5. The second-order valence-electron chi connectivity index (χ2n) is 2.55. The Morgan fingerprint density at radius 3 is 2.60 bits per heavy atom. The summed E-state index contributed by atoms with van der Waals surface area (Å²) in [6.45, 7) is 1.55. The van der Waals surface area contributed by atoms with Gasteiger partial charge in [-0.3, -0.25) is 4.79 Å². The fourth-order valence-electron chi connectivity index (χ4n) is 1.15. The average molecular weight is 142 g/mol. The van der Waals surface area contributed by atoms with Crippen molar-refractivity contribution in [3.63, 3.8) is 0 Å². The van der Waals surface area contributed by atoms with Gasteiger partial charge in [0.2, 0.25) is 0 Å². The predicted molar refractivity (Wildman–Crippen MR) is 37.3 cm³/mol. The van der Waals surface area contributed by atoms with Gasteiger partial charge in [0, 0.05) is 26.3 Å². The first-order valence-corrected chi connectivity index (χ1v) is 3.53. The van der Waals surface area contributed by atoms with Crippen LogP contribution in [0.5, 0.6) is 0 Å². The van der Waals surface area contributed by atoms with Crippen molar-refractivity contribution in [1.82, 2.24) is 4.90 Å². The second-order valence-corrected chi connectivity index (χ2v) is 2.55. The summed E-state index contributed by atoms with van der Waals surface area (Å²) in [5, 5.41) is 0. The number of hydrogen-bond donors (Lipinski definition) is 0. The van der Waals surface area contributed by atoms with Crippen LogP contribution in [0.3, 0.4) is 0 Å². The molecule has 0 N–H and O–H groups in total. The van der Waals surface area contributed by atoms with Gasteiger partial charge in [-0.1, -0.05) is 0 Å². The van der Waals surface area contributed by atoms with Crippen LogP contribution in [0, 0.1) is 0 Å². The molecule has 57 valence electrons. The van der Waals surface area contributed by atoms with Gasteiger partial charge in [0.1, 0.15) is 0 Å². The molecular weight excluding hydrogens is 130 g/mol. The fourth-order valence-corrected chi connectivity index (χ4v) is 1.15. The van der Waals surface area contributed by atoms with Gasteiger partial charge in [0.25, 0.3) is 0 Å². The van der Waals surface area contributed by atoms with E-state index in [9.17, 15) is 4.79 Å². The lowest BCUT2D eigenvalue weighted by Gasteiger charge is -2.27. The van der Waals surface area contributed by atoms with Crippen molar-refractivity contribution in [2.45, 2.75) is 18.9 Å². The Kier molecular flexibility index (Phi) is 2.68. The van der Waals surface area contributed by atoms with E-state index >= 15 is 0 Å². The Balaban J connectivity index is 2.30. The lowest BCUT2D eigenvalue weighted by atomic mass is 10.1. The Morgan fingerprint density at radius 2 is 2.10 bits per heavy atom. The van der Waals surface area contributed by atoms with Crippen molar-refractivity contribution in [3.8, 4) is 0 Å². The molecule has 1 fully saturated rings. The number of rotatable bonds is 2. The van der Waals surface area contributed by atoms with Crippen LogP contribution >= 0.6 is 0 Å². The van der Waals surface area contributed by atoms with E-state index in [4.69, 9.17) is 4.74 Å². The third-order valence-corrected chi connectivity index (χ3v) is 1.88. The molecular formula is C7H12NO2. The highest BCUT2D eigenvalue weighted by molar-refractivity contribution is 5.48. The SMILES string of the molecule is CN([C]=O)C1CCOCC1. The monoisotopic (exact) mass is 142 g/mol. The molecule has 0 bridgehead atoms. The molecule has 0 aromatic heterocycles. The van der Waals surface area contributed by atoms with E-state index in [2.05, 4.69) is 0 Å². The Bertz CT molecular complexity index is 110. The summed E-state index contributed by atoms with van der Waals surface area (Å²) in [6.07, 6.45) is 3.76. The summed E-state index contributed by atoms with van der Waals surface area (Å²) in [5.74, 6) is 0. The fraction of sp³-hybridized carbons (Fsp3) is 0.857.